The Morgan fingerprint density at radius 2 is 1.80 bits per heavy atom. The smallest absolute Gasteiger partial charge is 0.343 e. The standard InChI is InChI=1S/C12H22N3.C4H9.U/c1-5-7-11-10-15(14-13-11)9-6-8-12(2,3)4;1-4(2)3;/h10H,1,5-9H2,2-4H3;1-3H3;/q2*-1;+2. The van der Waals surface area contributed by atoms with Crippen molar-refractivity contribution in [3.05, 3.63) is 24.7 Å². The summed E-state index contributed by atoms with van der Waals surface area (Å²) >= 11 is 0. The zero-order valence-corrected chi connectivity index (χ0v) is 18.3. The van der Waals surface area contributed by atoms with E-state index in [9.17, 15) is 0 Å². The van der Waals surface area contributed by atoms with E-state index in [0.29, 0.717) is 5.41 Å². The number of hydrogen-bond acceptors (Lipinski definition) is 2. The van der Waals surface area contributed by atoms with Crippen LogP contribution in [0, 0.1) is 49.4 Å². The number of nitrogens with zero attached hydrogens (tertiary/aromatic N) is 3. The molecule has 0 saturated carbocycles. The van der Waals surface area contributed by atoms with Crippen LogP contribution in [0.4, 0.5) is 0 Å². The molecule has 114 valence electrons. The molecule has 0 aliphatic heterocycles. The first kappa shape index (κ1) is 22.5. The zero-order chi connectivity index (χ0) is 14.9. The average molecular weight is 503 g/mol. The molecule has 3 nitrogen and oxygen atoms in total. The molecule has 20 heavy (non-hydrogen) atoms. The van der Waals surface area contributed by atoms with Crippen LogP contribution in [0.3, 0.4) is 0 Å². The van der Waals surface area contributed by atoms with Crippen molar-refractivity contribution >= 4 is 0 Å². The van der Waals surface area contributed by atoms with Gasteiger partial charge in [-0.1, -0.05) is 26.0 Å². The Morgan fingerprint density at radius 3 is 2.25 bits per heavy atom. The summed E-state index contributed by atoms with van der Waals surface area (Å²) in [7, 11) is 0. The number of aryl methyl sites for hydroxylation is 2. The van der Waals surface area contributed by atoms with E-state index in [4.69, 9.17) is 0 Å². The van der Waals surface area contributed by atoms with Crippen molar-refractivity contribution in [1.82, 2.24) is 15.0 Å². The van der Waals surface area contributed by atoms with Crippen LogP contribution in [0.2, 0.25) is 0 Å². The average Bonchev–Trinajstić information content (AvgIpc) is 2.63. The first-order chi connectivity index (χ1) is 8.74. The van der Waals surface area contributed by atoms with Gasteiger partial charge in [0, 0.05) is 12.7 Å². The van der Waals surface area contributed by atoms with Crippen molar-refractivity contribution in [2.24, 2.45) is 5.41 Å². The molecule has 0 spiro atoms. The van der Waals surface area contributed by atoms with E-state index >= 15 is 0 Å². The monoisotopic (exact) mass is 503 g/mol. The molecule has 0 radical (unpaired) electrons. The third kappa shape index (κ3) is 14.6. The van der Waals surface area contributed by atoms with E-state index in [1.165, 1.54) is 12.3 Å². The van der Waals surface area contributed by atoms with Crippen LogP contribution in [-0.2, 0) is 13.0 Å². The van der Waals surface area contributed by atoms with Gasteiger partial charge in [0.15, 0.2) is 0 Å². The molecule has 1 aromatic heterocycles. The number of aromatic nitrogens is 3. The van der Waals surface area contributed by atoms with E-state index in [2.05, 4.69) is 58.8 Å². The van der Waals surface area contributed by atoms with Crippen LogP contribution < -0.4 is 0 Å². The summed E-state index contributed by atoms with van der Waals surface area (Å²) < 4.78 is 1.94. The van der Waals surface area contributed by atoms with Gasteiger partial charge in [-0.15, -0.1) is 5.10 Å². The molecule has 0 atom stereocenters. The minimum atomic E-state index is 0. The van der Waals surface area contributed by atoms with Crippen molar-refractivity contribution in [3.63, 3.8) is 0 Å². The number of hydrogen-bond donors (Lipinski definition) is 0. The fourth-order valence-electron chi connectivity index (χ4n) is 1.51. The molecule has 1 aromatic rings. The second-order valence-electron chi connectivity index (χ2n) is 6.74. The largest absolute Gasteiger partial charge is 2.00 e. The molecule has 0 aliphatic carbocycles. The molecule has 1 rings (SSSR count). The second kappa shape index (κ2) is 11.8. The summed E-state index contributed by atoms with van der Waals surface area (Å²) in [5.74, 6) is 1.42. The van der Waals surface area contributed by atoms with Crippen molar-refractivity contribution in [2.45, 2.75) is 73.8 Å². The number of rotatable bonds is 5. The van der Waals surface area contributed by atoms with Gasteiger partial charge in [0.05, 0.1) is 5.69 Å². The Bertz CT molecular complexity index is 324. The van der Waals surface area contributed by atoms with Gasteiger partial charge in [0.1, 0.15) is 0 Å². The summed E-state index contributed by atoms with van der Waals surface area (Å²) in [6.07, 6.45) is 6.24. The van der Waals surface area contributed by atoms with Gasteiger partial charge in [-0.25, -0.2) is 0 Å². The Balaban J connectivity index is 0. The van der Waals surface area contributed by atoms with Crippen LogP contribution in [0.5, 0.6) is 0 Å². The van der Waals surface area contributed by atoms with Crippen LogP contribution in [0.1, 0.15) is 66.5 Å². The van der Waals surface area contributed by atoms with Gasteiger partial charge in [0.25, 0.3) is 0 Å². The SMILES string of the molecule is C[C-](C)C.[CH2-]CCc1cn(CCCC(C)(C)C)nn1.[U+2]. The van der Waals surface area contributed by atoms with Gasteiger partial charge >= 0.3 is 31.1 Å². The summed E-state index contributed by atoms with van der Waals surface area (Å²) in [5, 5.41) is 8.19. The molecule has 0 fully saturated rings. The fourth-order valence-corrected chi connectivity index (χ4v) is 1.51. The van der Waals surface area contributed by atoms with Gasteiger partial charge in [-0.05, 0) is 24.7 Å². The van der Waals surface area contributed by atoms with Gasteiger partial charge in [-0.2, -0.15) is 27.2 Å². The predicted molar refractivity (Wildman–Crippen MR) is 82.7 cm³/mol. The summed E-state index contributed by atoms with van der Waals surface area (Å²) in [4.78, 5) is 0. The normalized spacial score (nSPS) is 10.8. The zero-order valence-electron chi connectivity index (χ0n) is 14.2. The van der Waals surface area contributed by atoms with Gasteiger partial charge in [0.2, 0.25) is 0 Å². The molecule has 0 unspecified atom stereocenters. The van der Waals surface area contributed by atoms with Crippen molar-refractivity contribution in [3.8, 4) is 0 Å². The van der Waals surface area contributed by atoms with Crippen molar-refractivity contribution in [2.75, 3.05) is 0 Å². The molecule has 0 bridgehead atoms. The van der Waals surface area contributed by atoms with E-state index < -0.39 is 0 Å². The van der Waals surface area contributed by atoms with Crippen LogP contribution in [0.15, 0.2) is 6.20 Å². The Morgan fingerprint density at radius 1 is 1.25 bits per heavy atom. The third-order valence-electron chi connectivity index (χ3n) is 2.33. The molecule has 0 amide bonds. The fraction of sp³-hybridized carbons (Fsp3) is 0.750. The maximum Gasteiger partial charge on any atom is 2.00 e. The van der Waals surface area contributed by atoms with E-state index in [0.717, 1.165) is 31.5 Å². The molecular formula is C16H31N3U. The Hall–Kier alpha value is 0.192. The summed E-state index contributed by atoms with van der Waals surface area (Å²) in [5.41, 5.74) is 1.47. The molecule has 4 heteroatoms. The quantitative estimate of drug-likeness (QED) is 0.555. The Kier molecular flexibility index (Phi) is 13.3. The van der Waals surface area contributed by atoms with E-state index in [1.54, 1.807) is 0 Å². The molecule has 1 heterocycles. The predicted octanol–water partition coefficient (Wildman–Crippen LogP) is 4.49. The van der Waals surface area contributed by atoms with Crippen molar-refractivity contribution in [1.29, 1.82) is 0 Å². The van der Waals surface area contributed by atoms with Crippen LogP contribution in [0.25, 0.3) is 0 Å². The summed E-state index contributed by atoms with van der Waals surface area (Å²) in [6, 6.07) is 0. The van der Waals surface area contributed by atoms with Gasteiger partial charge in [-0.3, -0.25) is 4.68 Å². The molecule has 0 saturated heterocycles. The maximum absolute atomic E-state index is 4.09. The van der Waals surface area contributed by atoms with Gasteiger partial charge < -0.3 is 12.8 Å². The minimum Gasteiger partial charge on any atom is -0.343 e. The topological polar surface area (TPSA) is 30.7 Å². The van der Waals surface area contributed by atoms with Crippen LogP contribution >= 0.6 is 0 Å². The van der Waals surface area contributed by atoms with E-state index in [1.807, 2.05) is 10.9 Å². The first-order valence-electron chi connectivity index (χ1n) is 7.19. The molecule has 0 N–H and O–H groups in total. The van der Waals surface area contributed by atoms with Crippen LogP contribution in [-0.4, -0.2) is 15.0 Å². The van der Waals surface area contributed by atoms with Crippen molar-refractivity contribution < 1.29 is 31.1 Å². The second-order valence-corrected chi connectivity index (χ2v) is 6.74. The molecule has 0 aliphatic rings. The molecular weight excluding hydrogens is 472 g/mol. The Labute approximate surface area is 149 Å². The molecule has 0 aromatic carbocycles. The van der Waals surface area contributed by atoms with E-state index in [-0.39, 0.29) is 31.1 Å². The maximum atomic E-state index is 4.09. The first-order valence-corrected chi connectivity index (χ1v) is 7.19. The minimum absolute atomic E-state index is 0. The third-order valence-corrected chi connectivity index (χ3v) is 2.33. The summed E-state index contributed by atoms with van der Waals surface area (Å²) in [6.45, 7) is 17.8.